The van der Waals surface area contributed by atoms with Gasteiger partial charge in [0.15, 0.2) is 5.96 Å². The van der Waals surface area contributed by atoms with Gasteiger partial charge in [0.1, 0.15) is 0 Å². The van der Waals surface area contributed by atoms with Gasteiger partial charge in [0.05, 0.1) is 12.6 Å². The average molecular weight is 235 g/mol. The van der Waals surface area contributed by atoms with E-state index in [-0.39, 0.29) is 0 Å². The molecule has 0 saturated heterocycles. The minimum absolute atomic E-state index is 0.623. The quantitative estimate of drug-likeness (QED) is 0.815. The predicted octanol–water partition coefficient (Wildman–Crippen LogP) is 2.22. The fraction of sp³-hybridized carbons (Fsp3) is 0.929. The molecule has 0 bridgehead atoms. The van der Waals surface area contributed by atoms with Crippen LogP contribution in [0.15, 0.2) is 4.99 Å². The Morgan fingerprint density at radius 3 is 2.82 bits per heavy atom. The third-order valence-electron chi connectivity index (χ3n) is 4.81. The van der Waals surface area contributed by atoms with E-state index in [9.17, 15) is 0 Å². The first-order valence-corrected chi connectivity index (χ1v) is 7.30. The van der Waals surface area contributed by atoms with Crippen LogP contribution in [0, 0.1) is 17.8 Å². The Hall–Kier alpha value is -0.730. The minimum Gasteiger partial charge on any atom is -0.370 e. The molecule has 17 heavy (non-hydrogen) atoms. The van der Waals surface area contributed by atoms with Gasteiger partial charge < -0.3 is 10.6 Å². The van der Waals surface area contributed by atoms with Crippen LogP contribution in [0.2, 0.25) is 0 Å². The highest BCUT2D eigenvalue weighted by Crippen LogP contribution is 2.37. The summed E-state index contributed by atoms with van der Waals surface area (Å²) >= 11 is 0. The first-order chi connectivity index (χ1) is 8.24. The van der Waals surface area contributed by atoms with Crippen molar-refractivity contribution in [3.05, 3.63) is 0 Å². The molecule has 2 fully saturated rings. The molecule has 3 atom stereocenters. The Bertz CT molecular complexity index is 309. The van der Waals surface area contributed by atoms with E-state index in [0.717, 1.165) is 30.3 Å². The molecule has 2 N–H and O–H groups in total. The Kier molecular flexibility index (Phi) is 3.01. The molecule has 3 unspecified atom stereocenters. The van der Waals surface area contributed by atoms with Gasteiger partial charge in [-0.05, 0) is 43.4 Å². The molecular weight excluding hydrogens is 210 g/mol. The van der Waals surface area contributed by atoms with Crippen LogP contribution in [0.5, 0.6) is 0 Å². The summed E-state index contributed by atoms with van der Waals surface area (Å²) in [7, 11) is 0. The van der Waals surface area contributed by atoms with E-state index in [4.69, 9.17) is 5.73 Å². The van der Waals surface area contributed by atoms with Crippen LogP contribution in [-0.2, 0) is 0 Å². The second-order valence-corrected chi connectivity index (χ2v) is 6.39. The lowest BCUT2D eigenvalue weighted by molar-refractivity contribution is 0.170. The van der Waals surface area contributed by atoms with E-state index in [1.807, 2.05) is 0 Å². The molecule has 3 heteroatoms. The van der Waals surface area contributed by atoms with Crippen LogP contribution in [0.1, 0.15) is 45.4 Å². The van der Waals surface area contributed by atoms with Crippen molar-refractivity contribution in [3.63, 3.8) is 0 Å². The first kappa shape index (κ1) is 11.4. The van der Waals surface area contributed by atoms with Gasteiger partial charge in [-0.15, -0.1) is 0 Å². The van der Waals surface area contributed by atoms with Gasteiger partial charge in [-0.25, -0.2) is 0 Å². The van der Waals surface area contributed by atoms with Gasteiger partial charge in [0.2, 0.25) is 0 Å². The summed E-state index contributed by atoms with van der Waals surface area (Å²) in [6.45, 7) is 4.53. The second kappa shape index (κ2) is 4.51. The molecule has 0 aromatic carbocycles. The van der Waals surface area contributed by atoms with Crippen molar-refractivity contribution in [1.82, 2.24) is 4.90 Å². The average Bonchev–Trinajstić information content (AvgIpc) is 3.04. The summed E-state index contributed by atoms with van der Waals surface area (Å²) in [6, 6.07) is 0.623. The minimum atomic E-state index is 0.623. The van der Waals surface area contributed by atoms with Gasteiger partial charge in [0.25, 0.3) is 0 Å². The lowest BCUT2D eigenvalue weighted by Crippen LogP contribution is -2.46. The number of hydrogen-bond donors (Lipinski definition) is 1. The largest absolute Gasteiger partial charge is 0.370 e. The molecule has 0 amide bonds. The van der Waals surface area contributed by atoms with Crippen LogP contribution in [0.25, 0.3) is 0 Å². The van der Waals surface area contributed by atoms with E-state index >= 15 is 0 Å². The van der Waals surface area contributed by atoms with Crippen LogP contribution in [-0.4, -0.2) is 30.0 Å². The first-order valence-electron chi connectivity index (χ1n) is 7.30. The van der Waals surface area contributed by atoms with Crippen molar-refractivity contribution < 1.29 is 0 Å². The molecule has 0 aromatic heterocycles. The Balaban J connectivity index is 1.64. The van der Waals surface area contributed by atoms with E-state index in [2.05, 4.69) is 16.8 Å². The summed E-state index contributed by atoms with van der Waals surface area (Å²) in [6.07, 6.45) is 8.39. The second-order valence-electron chi connectivity index (χ2n) is 6.39. The standard InChI is InChI=1S/C14H25N3/c1-10-3-2-4-12(7-10)13-8-16-14(15)17(13)9-11-5-6-11/h10-13H,2-9H2,1H3,(H2,15,16). The summed E-state index contributed by atoms with van der Waals surface area (Å²) in [5.41, 5.74) is 6.06. The van der Waals surface area contributed by atoms with E-state index in [1.165, 1.54) is 45.1 Å². The van der Waals surface area contributed by atoms with Crippen LogP contribution in [0.4, 0.5) is 0 Å². The molecule has 3 nitrogen and oxygen atoms in total. The van der Waals surface area contributed by atoms with Gasteiger partial charge in [0, 0.05) is 6.54 Å². The number of nitrogens with zero attached hydrogens (tertiary/aromatic N) is 2. The zero-order valence-corrected chi connectivity index (χ0v) is 10.9. The Morgan fingerprint density at radius 2 is 2.12 bits per heavy atom. The van der Waals surface area contributed by atoms with Crippen molar-refractivity contribution in [1.29, 1.82) is 0 Å². The predicted molar refractivity (Wildman–Crippen MR) is 70.8 cm³/mol. The lowest BCUT2D eigenvalue weighted by atomic mass is 9.78. The highest BCUT2D eigenvalue weighted by atomic mass is 15.3. The summed E-state index contributed by atoms with van der Waals surface area (Å²) in [5.74, 6) is 3.46. The smallest absolute Gasteiger partial charge is 0.191 e. The molecule has 2 aliphatic carbocycles. The van der Waals surface area contributed by atoms with E-state index in [0.29, 0.717) is 6.04 Å². The molecule has 1 aliphatic heterocycles. The van der Waals surface area contributed by atoms with Crippen LogP contribution in [0.3, 0.4) is 0 Å². The third kappa shape index (κ3) is 2.43. The number of aliphatic imine (C=N–C) groups is 1. The number of nitrogens with two attached hydrogens (primary N) is 1. The normalized spacial score (nSPS) is 38.3. The maximum atomic E-state index is 6.06. The third-order valence-corrected chi connectivity index (χ3v) is 4.81. The SMILES string of the molecule is CC1CCCC(C2CN=C(N)N2CC2CC2)C1. The molecule has 0 radical (unpaired) electrons. The zero-order chi connectivity index (χ0) is 11.8. The zero-order valence-electron chi connectivity index (χ0n) is 10.9. The number of guanidine groups is 1. The van der Waals surface area contributed by atoms with Gasteiger partial charge in [-0.2, -0.15) is 0 Å². The van der Waals surface area contributed by atoms with Gasteiger partial charge in [-0.3, -0.25) is 4.99 Å². The summed E-state index contributed by atoms with van der Waals surface area (Å²) < 4.78 is 0. The maximum absolute atomic E-state index is 6.06. The molecule has 96 valence electrons. The van der Waals surface area contributed by atoms with E-state index < -0.39 is 0 Å². The Morgan fingerprint density at radius 1 is 1.29 bits per heavy atom. The van der Waals surface area contributed by atoms with Gasteiger partial charge >= 0.3 is 0 Å². The van der Waals surface area contributed by atoms with E-state index in [1.54, 1.807) is 0 Å². The van der Waals surface area contributed by atoms with Crippen molar-refractivity contribution in [2.45, 2.75) is 51.5 Å². The highest BCUT2D eigenvalue weighted by molar-refractivity contribution is 5.80. The lowest BCUT2D eigenvalue weighted by Gasteiger charge is -2.36. The summed E-state index contributed by atoms with van der Waals surface area (Å²) in [5, 5.41) is 0. The molecular formula is C14H25N3. The van der Waals surface area contributed by atoms with Crippen molar-refractivity contribution in [2.24, 2.45) is 28.5 Å². The highest BCUT2D eigenvalue weighted by Gasteiger charge is 2.37. The van der Waals surface area contributed by atoms with Crippen LogP contribution >= 0.6 is 0 Å². The van der Waals surface area contributed by atoms with Crippen LogP contribution < -0.4 is 5.73 Å². The Labute approximate surface area is 104 Å². The molecule has 3 aliphatic rings. The van der Waals surface area contributed by atoms with Crippen molar-refractivity contribution >= 4 is 5.96 Å². The number of rotatable bonds is 3. The number of hydrogen-bond acceptors (Lipinski definition) is 3. The molecule has 3 rings (SSSR count). The fourth-order valence-electron chi connectivity index (χ4n) is 3.59. The van der Waals surface area contributed by atoms with Crippen molar-refractivity contribution in [3.8, 4) is 0 Å². The fourth-order valence-corrected chi connectivity index (χ4v) is 3.59. The molecule has 2 saturated carbocycles. The summed E-state index contributed by atoms with van der Waals surface area (Å²) in [4.78, 5) is 6.93. The monoisotopic (exact) mass is 235 g/mol. The molecule has 1 heterocycles. The molecule has 0 spiro atoms. The topological polar surface area (TPSA) is 41.6 Å². The maximum Gasteiger partial charge on any atom is 0.191 e. The van der Waals surface area contributed by atoms with Crippen molar-refractivity contribution in [2.75, 3.05) is 13.1 Å². The van der Waals surface area contributed by atoms with Gasteiger partial charge in [-0.1, -0.05) is 19.8 Å². The molecule has 0 aromatic rings.